The van der Waals surface area contributed by atoms with Crippen molar-refractivity contribution in [1.29, 1.82) is 0 Å². The molecule has 6 heteroatoms. The van der Waals surface area contributed by atoms with Gasteiger partial charge in [0, 0.05) is 7.11 Å². The summed E-state index contributed by atoms with van der Waals surface area (Å²) in [6.07, 6.45) is 0. The molecule has 1 rings (SSSR count). The summed E-state index contributed by atoms with van der Waals surface area (Å²) in [6, 6.07) is 4.03. The molecule has 2 nitrogen and oxygen atoms in total. The molecule has 0 aliphatic heterocycles. The van der Waals surface area contributed by atoms with Gasteiger partial charge in [-0.2, -0.15) is 0 Å². The summed E-state index contributed by atoms with van der Waals surface area (Å²) < 4.78 is 47.8. The van der Waals surface area contributed by atoms with Crippen molar-refractivity contribution in [2.45, 2.75) is 6.92 Å². The number of methoxy groups -OCH3 is 1. The lowest BCUT2D eigenvalue weighted by Crippen LogP contribution is -2.35. The molecule has 0 amide bonds. The first kappa shape index (κ1) is 12.9. The Bertz CT molecular complexity index is 352. The Kier molecular flexibility index (Phi) is 4.23. The van der Waals surface area contributed by atoms with Gasteiger partial charge in [0.25, 0.3) is 0 Å². The van der Waals surface area contributed by atoms with Crippen LogP contribution in [-0.4, -0.2) is 27.3 Å². The van der Waals surface area contributed by atoms with E-state index in [9.17, 15) is 12.9 Å². The van der Waals surface area contributed by atoms with Crippen molar-refractivity contribution >= 4 is 12.4 Å². The Morgan fingerprint density at radius 3 is 2.44 bits per heavy atom. The van der Waals surface area contributed by atoms with Gasteiger partial charge in [-0.1, -0.05) is 23.2 Å². The Balaban J connectivity index is 2.90. The first-order valence-corrected chi connectivity index (χ1v) is 4.87. The fraction of sp³-hybridized carbons (Fsp3) is 0.400. The second kappa shape index (κ2) is 5.25. The lowest BCUT2D eigenvalue weighted by molar-refractivity contribution is 0.146. The van der Waals surface area contributed by atoms with Gasteiger partial charge in [-0.25, -0.2) is 0 Å². The summed E-state index contributed by atoms with van der Waals surface area (Å²) in [5.74, 6) is -0.129. The van der Waals surface area contributed by atoms with Crippen molar-refractivity contribution < 1.29 is 22.4 Å². The molecule has 1 aromatic carbocycles. The summed E-state index contributed by atoms with van der Waals surface area (Å²) >= 11 is 0. The summed E-state index contributed by atoms with van der Waals surface area (Å²) in [6.45, 7) is -3.06. The zero-order valence-corrected chi connectivity index (χ0v) is 9.17. The maximum Gasteiger partial charge on any atom is 0.513 e. The summed E-state index contributed by atoms with van der Waals surface area (Å²) in [5, 5.41) is 0. The van der Waals surface area contributed by atoms with Crippen LogP contribution in [0.1, 0.15) is 5.56 Å². The van der Waals surface area contributed by atoms with Crippen LogP contribution in [0.15, 0.2) is 18.2 Å². The van der Waals surface area contributed by atoms with E-state index in [1.54, 1.807) is 13.0 Å². The van der Waals surface area contributed by atoms with Crippen molar-refractivity contribution in [3.63, 3.8) is 0 Å². The highest BCUT2D eigenvalue weighted by molar-refractivity contribution is 6.74. The minimum absolute atomic E-state index is 0.110. The molecule has 0 aliphatic carbocycles. The Labute approximate surface area is 92.4 Å². The van der Waals surface area contributed by atoms with Crippen LogP contribution in [0.3, 0.4) is 0 Å². The molecule has 0 bridgehead atoms. The van der Waals surface area contributed by atoms with Crippen LogP contribution >= 0.6 is 0 Å². The molecule has 16 heavy (non-hydrogen) atoms. The van der Waals surface area contributed by atoms with Gasteiger partial charge in [-0.3, -0.25) is 0 Å². The standard InChI is InChI=1S/C10H13BF3O2/c1-8-3-4-10(16-6-5-15-2)9(7-8)11(12,13)14/h3-4,7H,5-6H2,1-2H3/q-1. The van der Waals surface area contributed by atoms with E-state index in [2.05, 4.69) is 0 Å². The Morgan fingerprint density at radius 2 is 1.88 bits per heavy atom. The second-order valence-corrected chi connectivity index (χ2v) is 3.46. The third-order valence-electron chi connectivity index (χ3n) is 2.06. The van der Waals surface area contributed by atoms with Crippen molar-refractivity contribution in [1.82, 2.24) is 0 Å². The van der Waals surface area contributed by atoms with E-state index >= 15 is 0 Å². The maximum atomic E-state index is 12.7. The van der Waals surface area contributed by atoms with Crippen LogP contribution in [0, 0.1) is 6.92 Å². The highest BCUT2D eigenvalue weighted by atomic mass is 19.4. The smallest absolute Gasteiger partial charge is 0.494 e. The van der Waals surface area contributed by atoms with Crippen LogP contribution in [0.2, 0.25) is 0 Å². The Hall–Kier alpha value is -1.17. The van der Waals surface area contributed by atoms with E-state index in [1.165, 1.54) is 13.2 Å². The zero-order valence-electron chi connectivity index (χ0n) is 9.17. The largest absolute Gasteiger partial charge is 0.513 e. The molecule has 0 radical (unpaired) electrons. The summed E-state index contributed by atoms with van der Waals surface area (Å²) in [7, 11) is 1.47. The number of benzene rings is 1. The molecule has 0 N–H and O–H groups in total. The van der Waals surface area contributed by atoms with E-state index in [-0.39, 0.29) is 19.0 Å². The predicted octanol–water partition coefficient (Wildman–Crippen LogP) is 2.07. The molecule has 90 valence electrons. The second-order valence-electron chi connectivity index (χ2n) is 3.46. The number of rotatable bonds is 5. The zero-order chi connectivity index (χ0) is 12.2. The van der Waals surface area contributed by atoms with E-state index in [4.69, 9.17) is 9.47 Å². The van der Waals surface area contributed by atoms with E-state index in [0.717, 1.165) is 6.07 Å². The summed E-state index contributed by atoms with van der Waals surface area (Å²) in [5.41, 5.74) is -0.121. The van der Waals surface area contributed by atoms with E-state index in [1.807, 2.05) is 0 Å². The minimum Gasteiger partial charge on any atom is -0.494 e. The number of hydrogen-bond donors (Lipinski definition) is 0. The first-order chi connectivity index (χ1) is 7.45. The number of ether oxygens (including phenoxy) is 2. The molecule has 0 unspecified atom stereocenters. The minimum atomic E-state index is -5.04. The normalized spacial score (nSPS) is 11.6. The number of aryl methyl sites for hydroxylation is 1. The third kappa shape index (κ3) is 3.45. The molecule has 1 aromatic rings. The molecule has 0 fully saturated rings. The fourth-order valence-corrected chi connectivity index (χ4v) is 1.29. The lowest BCUT2D eigenvalue weighted by atomic mass is 9.78. The first-order valence-electron chi connectivity index (χ1n) is 4.87. The lowest BCUT2D eigenvalue weighted by Gasteiger charge is -2.20. The van der Waals surface area contributed by atoms with Crippen LogP contribution in [0.5, 0.6) is 5.75 Å². The van der Waals surface area contributed by atoms with Gasteiger partial charge in [-0.05, 0) is 13.0 Å². The van der Waals surface area contributed by atoms with Crippen LogP contribution in [0.4, 0.5) is 12.9 Å². The maximum absolute atomic E-state index is 12.7. The highest BCUT2D eigenvalue weighted by Gasteiger charge is 2.29. The molecule has 0 saturated heterocycles. The van der Waals surface area contributed by atoms with Crippen molar-refractivity contribution in [3.8, 4) is 5.75 Å². The topological polar surface area (TPSA) is 18.5 Å². The van der Waals surface area contributed by atoms with Gasteiger partial charge in [0.1, 0.15) is 6.61 Å². The van der Waals surface area contributed by atoms with Gasteiger partial charge in [0.05, 0.1) is 12.4 Å². The molecule has 0 aliphatic rings. The molecule has 0 atom stereocenters. The average Bonchev–Trinajstić information content (AvgIpc) is 2.19. The predicted molar refractivity (Wildman–Crippen MR) is 57.3 cm³/mol. The van der Waals surface area contributed by atoms with Gasteiger partial charge < -0.3 is 22.4 Å². The van der Waals surface area contributed by atoms with Crippen LogP contribution in [0.25, 0.3) is 0 Å². The van der Waals surface area contributed by atoms with E-state index < -0.39 is 12.4 Å². The van der Waals surface area contributed by atoms with Crippen LogP contribution in [-0.2, 0) is 4.74 Å². The van der Waals surface area contributed by atoms with Crippen molar-refractivity contribution in [2.75, 3.05) is 20.3 Å². The highest BCUT2D eigenvalue weighted by Crippen LogP contribution is 2.18. The Morgan fingerprint density at radius 1 is 1.19 bits per heavy atom. The average molecular weight is 233 g/mol. The number of hydrogen-bond acceptors (Lipinski definition) is 2. The SMILES string of the molecule is COCCOc1ccc(C)cc1[B-](F)(F)F. The van der Waals surface area contributed by atoms with Crippen molar-refractivity contribution in [3.05, 3.63) is 23.8 Å². The molecule has 0 heterocycles. The molecule has 0 aromatic heterocycles. The van der Waals surface area contributed by atoms with Gasteiger partial charge in [0.2, 0.25) is 0 Å². The van der Waals surface area contributed by atoms with Crippen molar-refractivity contribution in [2.24, 2.45) is 0 Å². The fourth-order valence-electron chi connectivity index (χ4n) is 1.29. The summed E-state index contributed by atoms with van der Waals surface area (Å²) in [4.78, 5) is 0. The third-order valence-corrected chi connectivity index (χ3v) is 2.06. The molecule has 0 saturated carbocycles. The van der Waals surface area contributed by atoms with Gasteiger partial charge in [-0.15, -0.1) is 0 Å². The number of halogens is 3. The van der Waals surface area contributed by atoms with Gasteiger partial charge in [0.15, 0.2) is 0 Å². The molecular formula is C10H13BF3O2-. The molecule has 0 spiro atoms. The van der Waals surface area contributed by atoms with E-state index in [0.29, 0.717) is 5.56 Å². The quantitative estimate of drug-likeness (QED) is 0.572. The van der Waals surface area contributed by atoms with Gasteiger partial charge >= 0.3 is 6.98 Å². The van der Waals surface area contributed by atoms with Crippen LogP contribution < -0.4 is 10.2 Å². The monoisotopic (exact) mass is 233 g/mol. The molecular weight excluding hydrogens is 220 g/mol.